The summed E-state index contributed by atoms with van der Waals surface area (Å²) in [7, 11) is 1.49. The number of fused-ring (bicyclic) bond motifs is 1. The fourth-order valence-corrected chi connectivity index (χ4v) is 2.55. The molecule has 0 saturated carbocycles. The van der Waals surface area contributed by atoms with E-state index in [-0.39, 0.29) is 24.4 Å². The number of nitrogens with one attached hydrogen (secondary N) is 1. The van der Waals surface area contributed by atoms with Gasteiger partial charge in [0.1, 0.15) is 5.75 Å². The average molecular weight is 380 g/mol. The van der Waals surface area contributed by atoms with Gasteiger partial charge in [-0.3, -0.25) is 4.79 Å². The highest BCUT2D eigenvalue weighted by Gasteiger charge is 2.30. The summed E-state index contributed by atoms with van der Waals surface area (Å²) in [5, 5.41) is 14.7. The first-order valence-electron chi connectivity index (χ1n) is 7.94. The predicted molar refractivity (Wildman–Crippen MR) is 89.2 cm³/mol. The van der Waals surface area contributed by atoms with Crippen molar-refractivity contribution in [1.29, 1.82) is 0 Å². The molecule has 0 bridgehead atoms. The smallest absolute Gasteiger partial charge is 0.416 e. The van der Waals surface area contributed by atoms with Gasteiger partial charge in [-0.1, -0.05) is 6.07 Å². The Bertz CT molecular complexity index is 982. The highest BCUT2D eigenvalue weighted by atomic mass is 19.4. The zero-order valence-corrected chi connectivity index (χ0v) is 14.2. The third-order valence-electron chi connectivity index (χ3n) is 3.92. The Kier molecular flexibility index (Phi) is 4.93. The Labute approximate surface area is 151 Å². The van der Waals surface area contributed by atoms with E-state index < -0.39 is 17.6 Å². The Morgan fingerprint density at radius 1 is 1.26 bits per heavy atom. The number of amides is 1. The van der Waals surface area contributed by atoms with Crippen LogP contribution in [0.4, 0.5) is 13.2 Å². The minimum atomic E-state index is -4.53. The Morgan fingerprint density at radius 2 is 2.04 bits per heavy atom. The molecule has 0 saturated heterocycles. The molecule has 0 radical (unpaired) electrons. The minimum Gasteiger partial charge on any atom is -0.616 e. The first kappa shape index (κ1) is 18.6. The molecule has 1 aromatic heterocycles. The Hall–Kier alpha value is -3.23. The van der Waals surface area contributed by atoms with Crippen molar-refractivity contribution in [3.63, 3.8) is 0 Å². The van der Waals surface area contributed by atoms with Gasteiger partial charge in [-0.2, -0.15) is 13.2 Å². The molecule has 1 heterocycles. The molecule has 0 aliphatic rings. The van der Waals surface area contributed by atoms with E-state index in [4.69, 9.17) is 9.15 Å². The monoisotopic (exact) mass is 380 g/mol. The maximum Gasteiger partial charge on any atom is 0.416 e. The van der Waals surface area contributed by atoms with Gasteiger partial charge in [-0.25, -0.2) is 0 Å². The molecule has 0 unspecified atom stereocenters. The van der Waals surface area contributed by atoms with Crippen molar-refractivity contribution < 1.29 is 31.9 Å². The number of aromatic nitrogens is 1. The summed E-state index contributed by atoms with van der Waals surface area (Å²) in [6.07, 6.45) is -4.45. The van der Waals surface area contributed by atoms with Crippen LogP contribution < -0.4 is 14.8 Å². The van der Waals surface area contributed by atoms with Crippen LogP contribution in [0, 0.1) is 5.21 Å². The molecule has 9 heteroatoms. The first-order valence-corrected chi connectivity index (χ1v) is 7.94. The van der Waals surface area contributed by atoms with Crippen molar-refractivity contribution in [3.05, 3.63) is 64.7 Å². The molecule has 27 heavy (non-hydrogen) atoms. The van der Waals surface area contributed by atoms with E-state index in [2.05, 4.69) is 5.32 Å². The van der Waals surface area contributed by atoms with E-state index in [0.717, 1.165) is 18.2 Å². The van der Waals surface area contributed by atoms with Gasteiger partial charge in [0.2, 0.25) is 5.58 Å². The van der Waals surface area contributed by atoms with Crippen molar-refractivity contribution in [2.75, 3.05) is 13.7 Å². The molecule has 0 fully saturated rings. The van der Waals surface area contributed by atoms with Crippen LogP contribution in [0.25, 0.3) is 11.1 Å². The van der Waals surface area contributed by atoms with Gasteiger partial charge in [0.05, 0.1) is 19.1 Å². The summed E-state index contributed by atoms with van der Waals surface area (Å²) in [5.41, 5.74) is -0.369. The Morgan fingerprint density at radius 3 is 2.74 bits per heavy atom. The van der Waals surface area contributed by atoms with Crippen LogP contribution in [0.1, 0.15) is 21.8 Å². The number of carbonyl (C=O) groups is 1. The van der Waals surface area contributed by atoms with E-state index in [1.807, 2.05) is 0 Å². The van der Waals surface area contributed by atoms with Crippen molar-refractivity contribution in [1.82, 2.24) is 5.32 Å². The van der Waals surface area contributed by atoms with Crippen molar-refractivity contribution in [3.8, 4) is 5.75 Å². The molecule has 142 valence electrons. The number of hydrogen-bond acceptors (Lipinski definition) is 4. The van der Waals surface area contributed by atoms with Crippen LogP contribution in [-0.4, -0.2) is 19.6 Å². The van der Waals surface area contributed by atoms with E-state index in [1.54, 1.807) is 18.2 Å². The topological polar surface area (TPSA) is 78.4 Å². The SMILES string of the molecule is COc1ccc2c(c1)oc(CCNC(=O)c1cccc(C(F)(F)F)c1)[n+]2[O-]. The summed E-state index contributed by atoms with van der Waals surface area (Å²) < 4.78 is 49.3. The molecule has 0 aliphatic carbocycles. The number of methoxy groups -OCH3 is 1. The second-order valence-electron chi connectivity index (χ2n) is 5.71. The summed E-state index contributed by atoms with van der Waals surface area (Å²) in [5.74, 6) is -0.0693. The van der Waals surface area contributed by atoms with E-state index in [0.29, 0.717) is 21.6 Å². The molecular formula is C18H15F3N2O4. The van der Waals surface area contributed by atoms with Gasteiger partial charge in [-0.05, 0) is 24.3 Å². The average Bonchev–Trinajstić information content (AvgIpc) is 2.96. The normalized spacial score (nSPS) is 11.6. The third-order valence-corrected chi connectivity index (χ3v) is 3.92. The summed E-state index contributed by atoms with van der Waals surface area (Å²) >= 11 is 0. The van der Waals surface area contributed by atoms with E-state index in [9.17, 15) is 23.2 Å². The molecule has 1 N–H and O–H groups in total. The zero-order valence-electron chi connectivity index (χ0n) is 14.2. The second kappa shape index (κ2) is 7.18. The quantitative estimate of drug-likeness (QED) is 0.545. The van der Waals surface area contributed by atoms with E-state index >= 15 is 0 Å². The Balaban J connectivity index is 1.67. The van der Waals surface area contributed by atoms with Gasteiger partial charge < -0.3 is 19.7 Å². The number of oxazole rings is 1. The number of ether oxygens (including phenoxy) is 1. The summed E-state index contributed by atoms with van der Waals surface area (Å²) in [6, 6.07) is 8.84. The van der Waals surface area contributed by atoms with Gasteiger partial charge in [-0.15, -0.1) is 4.73 Å². The largest absolute Gasteiger partial charge is 0.616 e. The lowest BCUT2D eigenvalue weighted by Gasteiger charge is -2.08. The maximum atomic E-state index is 12.7. The molecule has 0 spiro atoms. The van der Waals surface area contributed by atoms with Crippen LogP contribution in [0.2, 0.25) is 0 Å². The van der Waals surface area contributed by atoms with Gasteiger partial charge in [0.25, 0.3) is 11.4 Å². The molecule has 6 nitrogen and oxygen atoms in total. The fraction of sp³-hybridized carbons (Fsp3) is 0.222. The lowest BCUT2D eigenvalue weighted by atomic mass is 10.1. The molecule has 0 aliphatic heterocycles. The molecule has 1 amide bonds. The first-order chi connectivity index (χ1) is 12.8. The number of halogens is 3. The maximum absolute atomic E-state index is 12.7. The molecule has 3 aromatic rings. The number of alkyl halides is 3. The molecular weight excluding hydrogens is 365 g/mol. The highest BCUT2D eigenvalue weighted by Crippen LogP contribution is 2.29. The number of hydrogen-bond donors (Lipinski definition) is 1. The fourth-order valence-electron chi connectivity index (χ4n) is 2.55. The highest BCUT2D eigenvalue weighted by molar-refractivity contribution is 5.94. The molecule has 2 aromatic carbocycles. The standard InChI is InChI=1S/C18H15F3N2O4/c1-26-13-5-6-14-15(10-13)27-16(23(14)25)7-8-22-17(24)11-3-2-4-12(9-11)18(19,20)21/h2-6,9-10H,7-8H2,1H3,(H,22,24). The third kappa shape index (κ3) is 3.97. The number of rotatable bonds is 5. The van der Waals surface area contributed by atoms with Gasteiger partial charge in [0, 0.05) is 24.2 Å². The minimum absolute atomic E-state index is 0.0221. The summed E-state index contributed by atoms with van der Waals surface area (Å²) in [6.45, 7) is 0.0221. The number of carbonyl (C=O) groups excluding carboxylic acids is 1. The van der Waals surface area contributed by atoms with Crippen LogP contribution in [0.15, 0.2) is 46.9 Å². The van der Waals surface area contributed by atoms with Crippen molar-refractivity contribution in [2.45, 2.75) is 12.6 Å². The molecule has 3 rings (SSSR count). The second-order valence-corrected chi connectivity index (χ2v) is 5.71. The number of nitrogens with zero attached hydrogens (tertiary/aromatic N) is 1. The van der Waals surface area contributed by atoms with Crippen molar-refractivity contribution >= 4 is 17.0 Å². The molecule has 0 atom stereocenters. The lowest BCUT2D eigenvalue weighted by molar-refractivity contribution is -0.592. The van der Waals surface area contributed by atoms with Crippen LogP contribution in [0.5, 0.6) is 5.75 Å². The van der Waals surface area contributed by atoms with Gasteiger partial charge in [0.15, 0.2) is 0 Å². The van der Waals surface area contributed by atoms with Crippen LogP contribution >= 0.6 is 0 Å². The van der Waals surface area contributed by atoms with Crippen LogP contribution in [-0.2, 0) is 12.6 Å². The van der Waals surface area contributed by atoms with Gasteiger partial charge >= 0.3 is 12.1 Å². The lowest BCUT2D eigenvalue weighted by Crippen LogP contribution is -2.33. The summed E-state index contributed by atoms with van der Waals surface area (Å²) in [4.78, 5) is 12.0. The number of benzene rings is 2. The van der Waals surface area contributed by atoms with Crippen molar-refractivity contribution in [2.24, 2.45) is 0 Å². The predicted octanol–water partition coefficient (Wildman–Crippen LogP) is 3.07. The van der Waals surface area contributed by atoms with Crippen LogP contribution in [0.3, 0.4) is 0 Å². The zero-order chi connectivity index (χ0) is 19.6. The van der Waals surface area contributed by atoms with E-state index in [1.165, 1.54) is 13.2 Å².